The van der Waals surface area contributed by atoms with Crippen LogP contribution >= 0.6 is 0 Å². The van der Waals surface area contributed by atoms with Gasteiger partial charge in [-0.1, -0.05) is 18.2 Å². The minimum atomic E-state index is -0.701. The molecule has 0 saturated carbocycles. The summed E-state index contributed by atoms with van der Waals surface area (Å²) in [7, 11) is 1.94. The number of hydrogen-bond donors (Lipinski definition) is 1. The number of benzene rings is 2. The molecule has 5 heteroatoms. The second-order valence-corrected chi connectivity index (χ2v) is 7.93. The number of carbonyl (C=O) groups excluding carboxylic acids is 1. The van der Waals surface area contributed by atoms with Crippen molar-refractivity contribution in [2.24, 2.45) is 12.8 Å². The normalized spacial score (nSPS) is 15.0. The van der Waals surface area contributed by atoms with Gasteiger partial charge in [0.25, 0.3) is 5.91 Å². The van der Waals surface area contributed by atoms with Crippen molar-refractivity contribution >= 4 is 27.9 Å². The molecule has 2 heterocycles. The number of nitrogens with zero attached hydrogens (tertiary/aromatic N) is 3. The molecule has 0 radical (unpaired) electrons. The Morgan fingerprint density at radius 3 is 2.40 bits per heavy atom. The summed E-state index contributed by atoms with van der Waals surface area (Å²) in [5, 5.41) is 11.7. The van der Waals surface area contributed by atoms with Gasteiger partial charge >= 0.3 is 0 Å². The number of amides is 1. The molecule has 1 saturated heterocycles. The van der Waals surface area contributed by atoms with Crippen molar-refractivity contribution in [1.82, 2.24) is 4.57 Å². The number of allylic oxidation sites excluding steroid dienone is 1. The molecule has 1 aromatic heterocycles. The number of fused-ring (bicyclic) bond motifs is 1. The monoisotopic (exact) mass is 398 g/mol. The Balaban J connectivity index is 1.70. The van der Waals surface area contributed by atoms with Crippen LogP contribution in [0.25, 0.3) is 27.6 Å². The topological polar surface area (TPSA) is 75.0 Å². The third-order valence-electron chi connectivity index (χ3n) is 6.08. The predicted octanol–water partition coefficient (Wildman–Crippen LogP) is 4.62. The van der Waals surface area contributed by atoms with Gasteiger partial charge in [0.1, 0.15) is 11.6 Å². The number of hydrogen-bond acceptors (Lipinski definition) is 3. The van der Waals surface area contributed by atoms with Gasteiger partial charge in [0, 0.05) is 37.2 Å². The maximum Gasteiger partial charge on any atom is 0.259 e. The summed E-state index contributed by atoms with van der Waals surface area (Å²) >= 11 is 0. The first kappa shape index (κ1) is 19.8. The van der Waals surface area contributed by atoms with Crippen molar-refractivity contribution in [2.45, 2.75) is 26.2 Å². The molecule has 5 nitrogen and oxygen atoms in total. The summed E-state index contributed by atoms with van der Waals surface area (Å²) in [6, 6.07) is 19.0. The van der Waals surface area contributed by atoms with E-state index in [-0.39, 0.29) is 5.57 Å². The molecule has 0 aliphatic carbocycles. The maximum absolute atomic E-state index is 11.6. The van der Waals surface area contributed by atoms with Crippen LogP contribution < -0.4 is 10.6 Å². The minimum Gasteiger partial charge on any atom is -0.372 e. The Morgan fingerprint density at radius 1 is 1.00 bits per heavy atom. The Labute approximate surface area is 177 Å². The first-order valence-electron chi connectivity index (χ1n) is 10.4. The van der Waals surface area contributed by atoms with Gasteiger partial charge in [0.15, 0.2) is 0 Å². The smallest absolute Gasteiger partial charge is 0.259 e. The van der Waals surface area contributed by atoms with Crippen LogP contribution in [0.15, 0.2) is 54.1 Å². The van der Waals surface area contributed by atoms with Crippen LogP contribution in [0.2, 0.25) is 0 Å². The van der Waals surface area contributed by atoms with Crippen molar-refractivity contribution in [2.75, 3.05) is 18.0 Å². The fourth-order valence-electron chi connectivity index (χ4n) is 4.37. The van der Waals surface area contributed by atoms with E-state index in [9.17, 15) is 10.1 Å². The predicted molar refractivity (Wildman–Crippen MR) is 122 cm³/mol. The Morgan fingerprint density at radius 2 is 1.70 bits per heavy atom. The summed E-state index contributed by atoms with van der Waals surface area (Å²) in [5.74, 6) is -0.701. The minimum absolute atomic E-state index is 0.00787. The number of anilines is 1. The molecule has 3 aromatic rings. The zero-order valence-electron chi connectivity index (χ0n) is 17.5. The number of nitrogens with two attached hydrogens (primary N) is 1. The van der Waals surface area contributed by atoms with E-state index in [1.165, 1.54) is 35.7 Å². The highest BCUT2D eigenvalue weighted by molar-refractivity contribution is 6.03. The standard InChI is InChI=1S/C25H26N4O/c1-17(22(16-26)25(27)30)23-10-11-24(28(23)2)20-7-6-19-15-21(9-8-18(19)14-20)29-12-4-3-5-13-29/h6-11,14-15H,3-5,12-13H2,1-2H3,(H2,27,30)/b22-17+. The van der Waals surface area contributed by atoms with Crippen LogP contribution in [0.3, 0.4) is 0 Å². The highest BCUT2D eigenvalue weighted by atomic mass is 16.1. The van der Waals surface area contributed by atoms with Gasteiger partial charge < -0.3 is 15.2 Å². The summed E-state index contributed by atoms with van der Waals surface area (Å²) in [4.78, 5) is 14.0. The second kappa shape index (κ2) is 8.08. The van der Waals surface area contributed by atoms with Crippen LogP contribution in [0.4, 0.5) is 5.69 Å². The lowest BCUT2D eigenvalue weighted by molar-refractivity contribution is -0.114. The first-order chi connectivity index (χ1) is 14.5. The van der Waals surface area contributed by atoms with E-state index in [1.807, 2.05) is 29.8 Å². The zero-order chi connectivity index (χ0) is 21.3. The van der Waals surface area contributed by atoms with E-state index >= 15 is 0 Å². The van der Waals surface area contributed by atoms with Crippen molar-refractivity contribution in [1.29, 1.82) is 5.26 Å². The zero-order valence-corrected chi connectivity index (χ0v) is 17.5. The van der Waals surface area contributed by atoms with E-state index in [0.29, 0.717) is 5.57 Å². The van der Waals surface area contributed by atoms with Gasteiger partial charge in [-0.25, -0.2) is 0 Å². The Bertz CT molecular complexity index is 1190. The maximum atomic E-state index is 11.6. The number of nitriles is 1. The van der Waals surface area contributed by atoms with Gasteiger partial charge in [-0.15, -0.1) is 0 Å². The molecule has 0 unspecified atom stereocenters. The molecule has 0 bridgehead atoms. The van der Waals surface area contributed by atoms with Crippen molar-refractivity contribution < 1.29 is 4.79 Å². The quantitative estimate of drug-likeness (QED) is 0.515. The molecule has 152 valence electrons. The molecule has 2 aromatic carbocycles. The summed E-state index contributed by atoms with van der Waals surface area (Å²) < 4.78 is 2.00. The molecule has 2 N–H and O–H groups in total. The van der Waals surface area contributed by atoms with Gasteiger partial charge in [-0.3, -0.25) is 4.79 Å². The van der Waals surface area contributed by atoms with Crippen LogP contribution in [0.1, 0.15) is 31.9 Å². The van der Waals surface area contributed by atoms with Gasteiger partial charge in [-0.05, 0) is 78.4 Å². The van der Waals surface area contributed by atoms with E-state index in [0.717, 1.165) is 30.0 Å². The van der Waals surface area contributed by atoms with Crippen molar-refractivity contribution in [3.63, 3.8) is 0 Å². The van der Waals surface area contributed by atoms with E-state index in [2.05, 4.69) is 41.3 Å². The summed E-state index contributed by atoms with van der Waals surface area (Å²) in [5.41, 5.74) is 10.1. The molecule has 1 amide bonds. The van der Waals surface area contributed by atoms with Gasteiger partial charge in [0.05, 0.1) is 0 Å². The lowest BCUT2D eigenvalue weighted by Gasteiger charge is -2.29. The van der Waals surface area contributed by atoms with Gasteiger partial charge in [0.2, 0.25) is 0 Å². The Kier molecular flexibility index (Phi) is 5.33. The fraction of sp³-hybridized carbons (Fsp3) is 0.280. The van der Waals surface area contributed by atoms with Crippen molar-refractivity contribution in [3.05, 3.63) is 59.8 Å². The molecule has 30 heavy (non-hydrogen) atoms. The SMILES string of the molecule is C/C(=C(/C#N)C(N)=O)c1ccc(-c2ccc3cc(N4CCCCC4)ccc3c2)n1C. The van der Waals surface area contributed by atoms with Crippen LogP contribution in [-0.2, 0) is 11.8 Å². The molecule has 1 fully saturated rings. The van der Waals surface area contributed by atoms with E-state index in [1.54, 1.807) is 6.92 Å². The molecule has 1 aliphatic rings. The third-order valence-corrected chi connectivity index (χ3v) is 6.08. The Hall–Kier alpha value is -3.52. The molecule has 4 rings (SSSR count). The van der Waals surface area contributed by atoms with E-state index in [4.69, 9.17) is 5.73 Å². The van der Waals surface area contributed by atoms with Crippen LogP contribution in [0.5, 0.6) is 0 Å². The highest BCUT2D eigenvalue weighted by Gasteiger charge is 2.16. The van der Waals surface area contributed by atoms with Crippen LogP contribution in [0, 0.1) is 11.3 Å². The summed E-state index contributed by atoms with van der Waals surface area (Å²) in [6.07, 6.45) is 3.86. The largest absolute Gasteiger partial charge is 0.372 e. The number of aromatic nitrogens is 1. The second-order valence-electron chi connectivity index (χ2n) is 7.93. The first-order valence-corrected chi connectivity index (χ1v) is 10.4. The molecular weight excluding hydrogens is 372 g/mol. The molecule has 0 spiro atoms. The highest BCUT2D eigenvalue weighted by Crippen LogP contribution is 2.31. The lowest BCUT2D eigenvalue weighted by Crippen LogP contribution is -2.29. The number of primary amides is 1. The number of carbonyl (C=O) groups is 1. The van der Waals surface area contributed by atoms with Crippen molar-refractivity contribution in [3.8, 4) is 17.3 Å². The third kappa shape index (κ3) is 3.57. The van der Waals surface area contributed by atoms with Crippen LogP contribution in [-0.4, -0.2) is 23.6 Å². The average Bonchev–Trinajstić information content (AvgIpc) is 3.15. The molecule has 0 atom stereocenters. The van der Waals surface area contributed by atoms with E-state index < -0.39 is 5.91 Å². The summed E-state index contributed by atoms with van der Waals surface area (Å²) in [6.45, 7) is 4.03. The lowest BCUT2D eigenvalue weighted by atomic mass is 10.0. The molecular formula is C25H26N4O. The average molecular weight is 399 g/mol. The number of piperidine rings is 1. The number of rotatable bonds is 4. The molecule has 1 aliphatic heterocycles. The van der Waals surface area contributed by atoms with Gasteiger partial charge in [-0.2, -0.15) is 5.26 Å². The fourth-order valence-corrected chi connectivity index (χ4v) is 4.37.